The second-order valence-electron chi connectivity index (χ2n) is 7.30. The molecule has 33 heavy (non-hydrogen) atoms. The van der Waals surface area contributed by atoms with Crippen molar-refractivity contribution in [3.8, 4) is 28.4 Å². The predicted molar refractivity (Wildman–Crippen MR) is 129 cm³/mol. The summed E-state index contributed by atoms with van der Waals surface area (Å²) in [6, 6.07) is 15.0. The van der Waals surface area contributed by atoms with Crippen LogP contribution in [0.4, 0.5) is 5.13 Å². The van der Waals surface area contributed by atoms with Gasteiger partial charge in [-0.25, -0.2) is 4.68 Å². The van der Waals surface area contributed by atoms with E-state index in [1.54, 1.807) is 31.2 Å². The summed E-state index contributed by atoms with van der Waals surface area (Å²) < 4.78 is 12.6. The van der Waals surface area contributed by atoms with Crippen LogP contribution in [0.3, 0.4) is 0 Å². The lowest BCUT2D eigenvalue weighted by Crippen LogP contribution is -2.12. The fourth-order valence-corrected chi connectivity index (χ4v) is 4.12. The van der Waals surface area contributed by atoms with Crippen molar-refractivity contribution in [1.82, 2.24) is 20.0 Å². The zero-order chi connectivity index (χ0) is 23.2. The molecular formula is C24H25N5O3S. The summed E-state index contributed by atoms with van der Waals surface area (Å²) in [7, 11) is 3.17. The van der Waals surface area contributed by atoms with E-state index >= 15 is 0 Å². The van der Waals surface area contributed by atoms with Gasteiger partial charge in [0, 0.05) is 24.2 Å². The van der Waals surface area contributed by atoms with Crippen LogP contribution in [0.1, 0.15) is 35.1 Å². The normalized spacial score (nSPS) is 10.8. The molecule has 1 amide bonds. The number of nitrogens with one attached hydrogen (secondary N) is 1. The van der Waals surface area contributed by atoms with Gasteiger partial charge in [-0.2, -0.15) is 5.10 Å². The van der Waals surface area contributed by atoms with Crippen LogP contribution in [0.15, 0.2) is 54.7 Å². The third kappa shape index (κ3) is 5.04. The van der Waals surface area contributed by atoms with Crippen molar-refractivity contribution >= 4 is 22.4 Å². The van der Waals surface area contributed by atoms with Gasteiger partial charge in [0.1, 0.15) is 22.2 Å². The summed E-state index contributed by atoms with van der Waals surface area (Å²) in [5.41, 5.74) is 2.40. The Hall–Kier alpha value is -3.72. The monoisotopic (exact) mass is 463 g/mol. The number of methoxy groups -OCH3 is 2. The lowest BCUT2D eigenvalue weighted by Gasteiger charge is -2.10. The Kier molecular flexibility index (Phi) is 6.99. The molecule has 8 nitrogen and oxygen atoms in total. The number of aromatic nitrogens is 4. The Morgan fingerprint density at radius 1 is 1.09 bits per heavy atom. The van der Waals surface area contributed by atoms with Crippen molar-refractivity contribution in [1.29, 1.82) is 0 Å². The van der Waals surface area contributed by atoms with Gasteiger partial charge in [-0.15, -0.1) is 10.2 Å². The second-order valence-corrected chi connectivity index (χ2v) is 8.36. The molecule has 0 saturated heterocycles. The van der Waals surface area contributed by atoms with Gasteiger partial charge < -0.3 is 9.47 Å². The van der Waals surface area contributed by atoms with E-state index in [2.05, 4.69) is 22.4 Å². The maximum absolute atomic E-state index is 13.3. The van der Waals surface area contributed by atoms with E-state index in [4.69, 9.17) is 14.6 Å². The maximum Gasteiger partial charge on any atom is 0.261 e. The third-order valence-electron chi connectivity index (χ3n) is 5.07. The van der Waals surface area contributed by atoms with E-state index in [1.165, 1.54) is 11.3 Å². The number of carbonyl (C=O) groups excluding carboxylic acids is 1. The molecule has 4 aromatic rings. The molecule has 0 aliphatic rings. The fraction of sp³-hybridized carbons (Fsp3) is 0.250. The first-order chi connectivity index (χ1) is 16.1. The van der Waals surface area contributed by atoms with E-state index < -0.39 is 0 Å². The second kappa shape index (κ2) is 10.3. The number of nitrogens with zero attached hydrogens (tertiary/aromatic N) is 4. The molecule has 0 saturated carbocycles. The van der Waals surface area contributed by atoms with Gasteiger partial charge >= 0.3 is 0 Å². The Morgan fingerprint density at radius 3 is 2.64 bits per heavy atom. The van der Waals surface area contributed by atoms with E-state index in [0.29, 0.717) is 33.5 Å². The quantitative estimate of drug-likeness (QED) is 0.375. The molecule has 170 valence electrons. The number of aryl methyl sites for hydroxylation is 1. The number of carbonyl (C=O) groups is 1. The highest BCUT2D eigenvalue weighted by atomic mass is 32.1. The smallest absolute Gasteiger partial charge is 0.261 e. The van der Waals surface area contributed by atoms with Crippen molar-refractivity contribution in [3.05, 3.63) is 65.3 Å². The van der Waals surface area contributed by atoms with Crippen LogP contribution in [-0.2, 0) is 6.42 Å². The van der Waals surface area contributed by atoms with Gasteiger partial charge in [-0.05, 0) is 30.7 Å². The first-order valence-corrected chi connectivity index (χ1v) is 11.5. The van der Waals surface area contributed by atoms with Crippen LogP contribution in [-0.4, -0.2) is 40.1 Å². The molecule has 1 N–H and O–H groups in total. The molecule has 0 bridgehead atoms. The van der Waals surface area contributed by atoms with Crippen LogP contribution in [0, 0.1) is 0 Å². The lowest BCUT2D eigenvalue weighted by atomic mass is 10.1. The first-order valence-electron chi connectivity index (χ1n) is 10.6. The summed E-state index contributed by atoms with van der Waals surface area (Å²) >= 11 is 1.39. The highest BCUT2D eigenvalue weighted by Gasteiger charge is 2.22. The minimum atomic E-state index is -0.316. The number of unbranched alkanes of at least 4 members (excludes halogenated alkanes) is 1. The van der Waals surface area contributed by atoms with Crippen LogP contribution < -0.4 is 14.8 Å². The summed E-state index contributed by atoms with van der Waals surface area (Å²) in [5.74, 6) is 0.889. The highest BCUT2D eigenvalue weighted by Crippen LogP contribution is 2.35. The van der Waals surface area contributed by atoms with Gasteiger partial charge in [0.25, 0.3) is 5.91 Å². The Morgan fingerprint density at radius 2 is 1.91 bits per heavy atom. The van der Waals surface area contributed by atoms with E-state index in [1.807, 2.05) is 42.5 Å². The number of hydrogen-bond donors (Lipinski definition) is 1. The minimum Gasteiger partial charge on any atom is -0.497 e. The standard InChI is InChI=1S/C24H25N5O3S/c1-4-5-11-21-26-27-24(33-21)25-23(30)19-15-29(16-9-7-6-8-10-16)28-22(19)18-13-12-17(31-2)14-20(18)32-3/h6-10,12-15H,4-5,11H2,1-3H3,(H,25,27,30). The minimum absolute atomic E-state index is 0.316. The van der Waals surface area contributed by atoms with Crippen molar-refractivity contribution in [2.45, 2.75) is 26.2 Å². The molecule has 0 unspecified atom stereocenters. The molecule has 2 aromatic heterocycles. The average molecular weight is 464 g/mol. The molecule has 0 spiro atoms. The van der Waals surface area contributed by atoms with Gasteiger partial charge in [0.05, 0.1) is 25.5 Å². The fourth-order valence-electron chi connectivity index (χ4n) is 3.34. The SMILES string of the molecule is CCCCc1nnc(NC(=O)c2cn(-c3ccccc3)nc2-c2ccc(OC)cc2OC)s1. The van der Waals surface area contributed by atoms with Crippen LogP contribution in [0.25, 0.3) is 16.9 Å². The van der Waals surface area contributed by atoms with Crippen LogP contribution in [0.2, 0.25) is 0 Å². The number of rotatable bonds is 9. The summed E-state index contributed by atoms with van der Waals surface area (Å²) in [4.78, 5) is 13.3. The number of ether oxygens (including phenoxy) is 2. The number of hydrogen-bond acceptors (Lipinski definition) is 7. The van der Waals surface area contributed by atoms with Crippen molar-refractivity contribution in [2.75, 3.05) is 19.5 Å². The molecule has 2 aromatic carbocycles. The average Bonchev–Trinajstić information content (AvgIpc) is 3.50. The van der Waals surface area contributed by atoms with E-state index in [0.717, 1.165) is 30.0 Å². The molecule has 4 rings (SSSR count). The molecule has 0 atom stereocenters. The van der Waals surface area contributed by atoms with Crippen LogP contribution in [0.5, 0.6) is 11.5 Å². The summed E-state index contributed by atoms with van der Waals surface area (Å²) in [6.07, 6.45) is 4.67. The maximum atomic E-state index is 13.3. The highest BCUT2D eigenvalue weighted by molar-refractivity contribution is 7.15. The number of amides is 1. The molecule has 9 heteroatoms. The Balaban J connectivity index is 1.73. The van der Waals surface area contributed by atoms with Gasteiger partial charge in [0.15, 0.2) is 0 Å². The first kappa shape index (κ1) is 22.5. The van der Waals surface area contributed by atoms with E-state index in [9.17, 15) is 4.79 Å². The Bertz CT molecular complexity index is 1240. The molecule has 0 fully saturated rings. The number of benzene rings is 2. The van der Waals surface area contributed by atoms with Gasteiger partial charge in [-0.1, -0.05) is 42.9 Å². The molecule has 2 heterocycles. The van der Waals surface area contributed by atoms with Crippen molar-refractivity contribution < 1.29 is 14.3 Å². The molecule has 0 aliphatic heterocycles. The largest absolute Gasteiger partial charge is 0.497 e. The zero-order valence-electron chi connectivity index (χ0n) is 18.7. The predicted octanol–water partition coefficient (Wildman–Crippen LogP) is 5.00. The van der Waals surface area contributed by atoms with Crippen LogP contribution >= 0.6 is 11.3 Å². The molecule has 0 radical (unpaired) electrons. The van der Waals surface area contributed by atoms with Crippen molar-refractivity contribution in [2.24, 2.45) is 0 Å². The topological polar surface area (TPSA) is 91.2 Å². The number of para-hydroxylation sites is 1. The summed E-state index contributed by atoms with van der Waals surface area (Å²) in [5, 5.41) is 17.3. The zero-order valence-corrected chi connectivity index (χ0v) is 19.6. The Labute approximate surface area is 196 Å². The van der Waals surface area contributed by atoms with Gasteiger partial charge in [0.2, 0.25) is 5.13 Å². The number of anilines is 1. The van der Waals surface area contributed by atoms with E-state index in [-0.39, 0.29) is 5.91 Å². The lowest BCUT2D eigenvalue weighted by molar-refractivity contribution is 0.102. The van der Waals surface area contributed by atoms with Crippen molar-refractivity contribution in [3.63, 3.8) is 0 Å². The summed E-state index contributed by atoms with van der Waals surface area (Å²) in [6.45, 7) is 2.13. The molecular weight excluding hydrogens is 438 g/mol. The third-order valence-corrected chi connectivity index (χ3v) is 5.97. The van der Waals surface area contributed by atoms with Gasteiger partial charge in [-0.3, -0.25) is 10.1 Å². The molecule has 0 aliphatic carbocycles.